The van der Waals surface area contributed by atoms with Crippen LogP contribution in [0.15, 0.2) is 6.07 Å². The van der Waals surface area contributed by atoms with Crippen molar-refractivity contribution < 1.29 is 0 Å². The molecule has 1 fully saturated rings. The quantitative estimate of drug-likeness (QED) is 0.725. The van der Waals surface area contributed by atoms with Crippen LogP contribution >= 0.6 is 23.2 Å². The number of halogens is 2. The van der Waals surface area contributed by atoms with Crippen molar-refractivity contribution >= 4 is 34.8 Å². The second-order valence-electron chi connectivity index (χ2n) is 5.44. The van der Waals surface area contributed by atoms with Crippen LogP contribution in [-0.4, -0.2) is 18.1 Å². The number of nitrogens with zero attached hydrogens (tertiary/aromatic N) is 1. The van der Waals surface area contributed by atoms with Gasteiger partial charge in [-0.3, -0.25) is 0 Å². The molecule has 20 heavy (non-hydrogen) atoms. The molecule has 0 unspecified atom stereocenters. The van der Waals surface area contributed by atoms with Gasteiger partial charge in [0, 0.05) is 13.1 Å². The standard InChI is InChI=1S/C15H23Cl2N3/c1-2-8-18-14-12(16)10-13(17)15(20-14)19-9-7-11-5-3-4-6-11/h10-11H,2-9H2,1H3,(H2,18,19,20). The molecule has 3 nitrogen and oxygen atoms in total. The molecule has 2 N–H and O–H groups in total. The van der Waals surface area contributed by atoms with E-state index in [1.165, 1.54) is 32.1 Å². The molecular formula is C15H23Cl2N3. The highest BCUT2D eigenvalue weighted by Gasteiger charge is 2.15. The minimum atomic E-state index is 0.574. The Hall–Kier alpha value is -0.670. The van der Waals surface area contributed by atoms with Gasteiger partial charge < -0.3 is 10.6 Å². The third kappa shape index (κ3) is 4.42. The van der Waals surface area contributed by atoms with Crippen LogP contribution in [-0.2, 0) is 0 Å². The topological polar surface area (TPSA) is 37.0 Å². The number of aromatic nitrogens is 1. The summed E-state index contributed by atoms with van der Waals surface area (Å²) in [6.07, 6.45) is 7.73. The molecule has 1 aromatic heterocycles. The smallest absolute Gasteiger partial charge is 0.147 e. The van der Waals surface area contributed by atoms with Crippen molar-refractivity contribution in [2.24, 2.45) is 5.92 Å². The van der Waals surface area contributed by atoms with Crippen molar-refractivity contribution in [3.05, 3.63) is 16.1 Å². The van der Waals surface area contributed by atoms with Crippen LogP contribution in [0.4, 0.5) is 11.6 Å². The third-order valence-electron chi connectivity index (χ3n) is 3.79. The summed E-state index contributed by atoms with van der Waals surface area (Å²) in [5.41, 5.74) is 0. The molecular weight excluding hydrogens is 293 g/mol. The molecule has 2 rings (SSSR count). The Bertz CT molecular complexity index is 431. The maximum absolute atomic E-state index is 6.19. The number of anilines is 2. The Morgan fingerprint density at radius 2 is 1.70 bits per heavy atom. The first-order valence-electron chi connectivity index (χ1n) is 7.54. The van der Waals surface area contributed by atoms with E-state index in [0.717, 1.165) is 31.2 Å². The molecule has 0 atom stereocenters. The first kappa shape index (κ1) is 15.7. The maximum Gasteiger partial charge on any atom is 0.147 e. The summed E-state index contributed by atoms with van der Waals surface area (Å²) in [6, 6.07) is 1.76. The van der Waals surface area contributed by atoms with Crippen LogP contribution in [0.3, 0.4) is 0 Å². The Labute approximate surface area is 131 Å². The van der Waals surface area contributed by atoms with E-state index in [2.05, 4.69) is 22.5 Å². The Morgan fingerprint density at radius 1 is 1.10 bits per heavy atom. The highest BCUT2D eigenvalue weighted by atomic mass is 35.5. The highest BCUT2D eigenvalue weighted by Crippen LogP contribution is 2.30. The Morgan fingerprint density at radius 3 is 2.30 bits per heavy atom. The van der Waals surface area contributed by atoms with Gasteiger partial charge in [-0.05, 0) is 24.8 Å². The maximum atomic E-state index is 6.19. The fourth-order valence-electron chi connectivity index (χ4n) is 2.65. The fraction of sp³-hybridized carbons (Fsp3) is 0.667. The fourth-order valence-corrected chi connectivity index (χ4v) is 3.14. The molecule has 112 valence electrons. The van der Waals surface area contributed by atoms with E-state index in [0.29, 0.717) is 15.9 Å². The van der Waals surface area contributed by atoms with E-state index >= 15 is 0 Å². The average Bonchev–Trinajstić information content (AvgIpc) is 2.93. The summed E-state index contributed by atoms with van der Waals surface area (Å²) in [5.74, 6) is 2.31. The zero-order chi connectivity index (χ0) is 14.4. The van der Waals surface area contributed by atoms with Crippen LogP contribution in [0.1, 0.15) is 45.4 Å². The van der Waals surface area contributed by atoms with E-state index < -0.39 is 0 Å². The molecule has 1 heterocycles. The van der Waals surface area contributed by atoms with E-state index in [9.17, 15) is 0 Å². The predicted molar refractivity (Wildman–Crippen MR) is 88.1 cm³/mol. The molecule has 0 spiro atoms. The third-order valence-corrected chi connectivity index (χ3v) is 4.37. The average molecular weight is 316 g/mol. The van der Waals surface area contributed by atoms with Gasteiger partial charge in [0.1, 0.15) is 11.6 Å². The molecule has 1 aliphatic carbocycles. The molecule has 0 aliphatic heterocycles. The lowest BCUT2D eigenvalue weighted by Crippen LogP contribution is -2.10. The van der Waals surface area contributed by atoms with E-state index in [-0.39, 0.29) is 0 Å². The lowest BCUT2D eigenvalue weighted by molar-refractivity contribution is 0.518. The highest BCUT2D eigenvalue weighted by molar-refractivity contribution is 6.37. The molecule has 1 aromatic rings. The Balaban J connectivity index is 1.91. The van der Waals surface area contributed by atoms with E-state index in [1.54, 1.807) is 6.07 Å². The van der Waals surface area contributed by atoms with Gasteiger partial charge in [-0.25, -0.2) is 4.98 Å². The molecule has 1 aliphatic rings. The largest absolute Gasteiger partial charge is 0.369 e. The van der Waals surface area contributed by atoms with Crippen LogP contribution in [0.25, 0.3) is 0 Å². The van der Waals surface area contributed by atoms with Crippen LogP contribution in [0, 0.1) is 5.92 Å². The summed E-state index contributed by atoms with van der Waals surface area (Å²) in [4.78, 5) is 4.49. The first-order chi connectivity index (χ1) is 9.70. The van der Waals surface area contributed by atoms with Crippen molar-refractivity contribution in [3.8, 4) is 0 Å². The summed E-state index contributed by atoms with van der Waals surface area (Å²) in [7, 11) is 0. The first-order valence-corrected chi connectivity index (χ1v) is 8.30. The summed E-state index contributed by atoms with van der Waals surface area (Å²) in [5, 5.41) is 7.72. The molecule has 1 saturated carbocycles. The number of nitrogens with one attached hydrogen (secondary N) is 2. The molecule has 0 aromatic carbocycles. The van der Waals surface area contributed by atoms with Gasteiger partial charge in [-0.2, -0.15) is 0 Å². The van der Waals surface area contributed by atoms with Crippen LogP contribution in [0.2, 0.25) is 10.0 Å². The van der Waals surface area contributed by atoms with Gasteiger partial charge in [0.2, 0.25) is 0 Å². The van der Waals surface area contributed by atoms with Crippen molar-refractivity contribution in [1.82, 2.24) is 4.98 Å². The van der Waals surface area contributed by atoms with E-state index in [4.69, 9.17) is 23.2 Å². The minimum absolute atomic E-state index is 0.574. The second-order valence-corrected chi connectivity index (χ2v) is 6.26. The van der Waals surface area contributed by atoms with Crippen molar-refractivity contribution in [2.45, 2.75) is 45.4 Å². The van der Waals surface area contributed by atoms with Crippen molar-refractivity contribution in [3.63, 3.8) is 0 Å². The van der Waals surface area contributed by atoms with Gasteiger partial charge in [0.15, 0.2) is 0 Å². The molecule has 0 bridgehead atoms. The lowest BCUT2D eigenvalue weighted by atomic mass is 10.0. The number of rotatable bonds is 7. The van der Waals surface area contributed by atoms with Gasteiger partial charge >= 0.3 is 0 Å². The minimum Gasteiger partial charge on any atom is -0.369 e. The van der Waals surface area contributed by atoms with Gasteiger partial charge in [0.25, 0.3) is 0 Å². The van der Waals surface area contributed by atoms with Crippen molar-refractivity contribution in [1.29, 1.82) is 0 Å². The van der Waals surface area contributed by atoms with Crippen molar-refractivity contribution in [2.75, 3.05) is 23.7 Å². The normalized spacial score (nSPS) is 15.6. The van der Waals surface area contributed by atoms with Gasteiger partial charge in [0.05, 0.1) is 10.0 Å². The molecule has 5 heteroatoms. The number of pyridine rings is 1. The summed E-state index contributed by atoms with van der Waals surface area (Å²) >= 11 is 12.3. The number of hydrogen-bond donors (Lipinski definition) is 2. The van der Waals surface area contributed by atoms with Gasteiger partial charge in [-0.15, -0.1) is 0 Å². The second kappa shape index (κ2) is 7.94. The summed E-state index contributed by atoms with van der Waals surface area (Å²) in [6.45, 7) is 3.89. The molecule has 0 saturated heterocycles. The molecule has 0 radical (unpaired) electrons. The monoisotopic (exact) mass is 315 g/mol. The van der Waals surface area contributed by atoms with Crippen LogP contribution in [0.5, 0.6) is 0 Å². The number of hydrogen-bond acceptors (Lipinski definition) is 3. The molecule has 0 amide bonds. The summed E-state index contributed by atoms with van der Waals surface area (Å²) < 4.78 is 0. The SMILES string of the molecule is CCCNc1nc(NCCC2CCCC2)c(Cl)cc1Cl. The predicted octanol–water partition coefficient (Wildman–Crippen LogP) is 5.20. The Kier molecular flexibility index (Phi) is 6.24. The van der Waals surface area contributed by atoms with E-state index in [1.807, 2.05) is 0 Å². The van der Waals surface area contributed by atoms with Gasteiger partial charge in [-0.1, -0.05) is 55.8 Å². The zero-order valence-corrected chi connectivity index (χ0v) is 13.5. The zero-order valence-electron chi connectivity index (χ0n) is 12.0. The lowest BCUT2D eigenvalue weighted by Gasteiger charge is -2.13. The van der Waals surface area contributed by atoms with Crippen LogP contribution < -0.4 is 10.6 Å².